The number of aryl methyl sites for hydroxylation is 2. The minimum atomic E-state index is -0.207. The van der Waals surface area contributed by atoms with Gasteiger partial charge in [0.05, 0.1) is 0 Å². The van der Waals surface area contributed by atoms with E-state index in [4.69, 9.17) is 4.74 Å². The fraction of sp³-hybridized carbons (Fsp3) is 0.500. The molecule has 0 bridgehead atoms. The summed E-state index contributed by atoms with van der Waals surface area (Å²) in [6, 6.07) is 5.81. The summed E-state index contributed by atoms with van der Waals surface area (Å²) >= 11 is 0. The van der Waals surface area contributed by atoms with Gasteiger partial charge in [0.2, 0.25) is 0 Å². The summed E-state index contributed by atoms with van der Waals surface area (Å²) in [5.41, 5.74) is 6.04. The molecule has 2 rings (SSSR count). The second-order valence-corrected chi connectivity index (χ2v) is 5.31. The number of ether oxygens (including phenoxy) is 1. The Morgan fingerprint density at radius 3 is 2.65 bits per heavy atom. The number of hydrazone groups is 1. The number of carbonyl (C=O) groups is 1. The third-order valence-corrected chi connectivity index (χ3v) is 3.62. The molecule has 1 fully saturated rings. The van der Waals surface area contributed by atoms with Gasteiger partial charge in [-0.15, -0.1) is 0 Å². The van der Waals surface area contributed by atoms with E-state index in [0.717, 1.165) is 24.1 Å². The maximum atomic E-state index is 11.7. The third-order valence-electron chi connectivity index (χ3n) is 3.62. The predicted octanol–water partition coefficient (Wildman–Crippen LogP) is 3.12. The van der Waals surface area contributed by atoms with Gasteiger partial charge in [-0.1, -0.05) is 12.5 Å². The molecule has 1 aromatic carbocycles. The van der Waals surface area contributed by atoms with Gasteiger partial charge in [-0.2, -0.15) is 5.10 Å². The van der Waals surface area contributed by atoms with E-state index < -0.39 is 0 Å². The van der Waals surface area contributed by atoms with Crippen LogP contribution in [-0.2, 0) is 4.79 Å². The molecule has 20 heavy (non-hydrogen) atoms. The summed E-state index contributed by atoms with van der Waals surface area (Å²) < 4.78 is 5.46. The monoisotopic (exact) mass is 274 g/mol. The molecule has 0 aliphatic heterocycles. The van der Waals surface area contributed by atoms with Crippen molar-refractivity contribution < 1.29 is 9.53 Å². The highest BCUT2D eigenvalue weighted by Gasteiger charge is 2.08. The average molecular weight is 274 g/mol. The van der Waals surface area contributed by atoms with Crippen LogP contribution in [0.5, 0.6) is 5.75 Å². The van der Waals surface area contributed by atoms with Gasteiger partial charge in [0.25, 0.3) is 5.91 Å². The molecule has 1 amide bonds. The van der Waals surface area contributed by atoms with Crippen molar-refractivity contribution in [2.75, 3.05) is 6.61 Å². The predicted molar refractivity (Wildman–Crippen MR) is 80.1 cm³/mol. The number of amides is 1. The smallest absolute Gasteiger partial charge is 0.277 e. The summed E-state index contributed by atoms with van der Waals surface area (Å²) in [6.07, 6.45) is 5.61. The number of carbonyl (C=O) groups excluding carboxylic acids is 1. The van der Waals surface area contributed by atoms with Crippen LogP contribution in [0.3, 0.4) is 0 Å². The molecule has 0 spiro atoms. The molecule has 4 heteroatoms. The van der Waals surface area contributed by atoms with Gasteiger partial charge < -0.3 is 4.74 Å². The second kappa shape index (κ2) is 7.08. The summed E-state index contributed by atoms with van der Waals surface area (Å²) in [6.45, 7) is 4.07. The van der Waals surface area contributed by atoms with Gasteiger partial charge in [-0.3, -0.25) is 4.79 Å². The van der Waals surface area contributed by atoms with Gasteiger partial charge in [0.15, 0.2) is 6.61 Å². The lowest BCUT2D eigenvalue weighted by atomic mass is 9.99. The molecule has 1 aromatic rings. The number of hydrogen-bond donors (Lipinski definition) is 1. The second-order valence-electron chi connectivity index (χ2n) is 5.31. The van der Waals surface area contributed by atoms with E-state index in [9.17, 15) is 4.79 Å². The molecule has 1 N–H and O–H groups in total. The van der Waals surface area contributed by atoms with E-state index in [1.165, 1.54) is 24.8 Å². The highest BCUT2D eigenvalue weighted by Crippen LogP contribution is 2.16. The van der Waals surface area contributed by atoms with Gasteiger partial charge in [0.1, 0.15) is 5.75 Å². The first-order chi connectivity index (χ1) is 9.65. The molecule has 0 heterocycles. The Balaban J connectivity index is 1.78. The lowest BCUT2D eigenvalue weighted by molar-refractivity contribution is -0.123. The van der Waals surface area contributed by atoms with Gasteiger partial charge in [-0.25, -0.2) is 5.43 Å². The highest BCUT2D eigenvalue weighted by molar-refractivity contribution is 5.87. The van der Waals surface area contributed by atoms with Gasteiger partial charge in [0, 0.05) is 5.71 Å². The van der Waals surface area contributed by atoms with E-state index in [1.807, 2.05) is 32.0 Å². The minimum absolute atomic E-state index is 0.000713. The van der Waals surface area contributed by atoms with E-state index >= 15 is 0 Å². The third kappa shape index (κ3) is 4.37. The molecule has 0 saturated heterocycles. The molecule has 4 nitrogen and oxygen atoms in total. The van der Waals surface area contributed by atoms with Crippen molar-refractivity contribution in [3.8, 4) is 5.75 Å². The van der Waals surface area contributed by atoms with Crippen LogP contribution in [0.25, 0.3) is 0 Å². The van der Waals surface area contributed by atoms with Crippen LogP contribution in [0, 0.1) is 13.8 Å². The molecular formula is C16H22N2O2. The zero-order valence-corrected chi connectivity index (χ0v) is 12.2. The molecule has 0 unspecified atom stereocenters. The Labute approximate surface area is 120 Å². The zero-order chi connectivity index (χ0) is 14.4. The first-order valence-electron chi connectivity index (χ1n) is 7.19. The summed E-state index contributed by atoms with van der Waals surface area (Å²) in [5, 5.41) is 4.16. The summed E-state index contributed by atoms with van der Waals surface area (Å²) in [5.74, 6) is 0.509. The van der Waals surface area contributed by atoms with Crippen LogP contribution >= 0.6 is 0 Å². The Bertz CT molecular complexity index is 501. The van der Waals surface area contributed by atoms with Gasteiger partial charge in [-0.05, 0) is 62.8 Å². The number of hydrogen-bond acceptors (Lipinski definition) is 3. The fourth-order valence-corrected chi connectivity index (χ4v) is 2.20. The van der Waals surface area contributed by atoms with Crippen molar-refractivity contribution >= 4 is 11.6 Å². The van der Waals surface area contributed by atoms with Crippen molar-refractivity contribution in [3.63, 3.8) is 0 Å². The fourth-order valence-electron chi connectivity index (χ4n) is 2.20. The van der Waals surface area contributed by atoms with Crippen LogP contribution in [0.1, 0.15) is 43.2 Å². The van der Waals surface area contributed by atoms with Crippen molar-refractivity contribution in [2.24, 2.45) is 5.10 Å². The molecule has 0 radical (unpaired) electrons. The number of benzene rings is 1. The van der Waals surface area contributed by atoms with Crippen LogP contribution in [0.4, 0.5) is 0 Å². The maximum Gasteiger partial charge on any atom is 0.277 e. The van der Waals surface area contributed by atoms with Crippen LogP contribution in [0.2, 0.25) is 0 Å². The van der Waals surface area contributed by atoms with E-state index in [2.05, 4.69) is 10.5 Å². The molecule has 1 aliphatic carbocycles. The number of nitrogens with one attached hydrogen (secondary N) is 1. The first-order valence-corrected chi connectivity index (χ1v) is 7.19. The maximum absolute atomic E-state index is 11.7. The Morgan fingerprint density at radius 1 is 1.20 bits per heavy atom. The molecule has 1 aliphatic rings. The topological polar surface area (TPSA) is 50.7 Å². The minimum Gasteiger partial charge on any atom is -0.484 e. The summed E-state index contributed by atoms with van der Waals surface area (Å²) in [4.78, 5) is 11.7. The number of rotatable bonds is 4. The van der Waals surface area contributed by atoms with Crippen LogP contribution in [-0.4, -0.2) is 18.2 Å². The van der Waals surface area contributed by atoms with E-state index in [1.54, 1.807) is 0 Å². The molecular weight excluding hydrogens is 252 g/mol. The lowest BCUT2D eigenvalue weighted by Gasteiger charge is -2.12. The first kappa shape index (κ1) is 14.6. The Kier molecular flexibility index (Phi) is 5.16. The van der Waals surface area contributed by atoms with Crippen LogP contribution in [0.15, 0.2) is 23.3 Å². The molecule has 1 saturated carbocycles. The van der Waals surface area contributed by atoms with Crippen molar-refractivity contribution in [2.45, 2.75) is 46.0 Å². The zero-order valence-electron chi connectivity index (χ0n) is 12.2. The van der Waals surface area contributed by atoms with Crippen molar-refractivity contribution in [3.05, 3.63) is 29.3 Å². The average Bonchev–Trinajstić information content (AvgIpc) is 2.47. The largest absolute Gasteiger partial charge is 0.484 e. The van der Waals surface area contributed by atoms with E-state index in [0.29, 0.717) is 5.75 Å². The summed E-state index contributed by atoms with van der Waals surface area (Å²) in [7, 11) is 0. The van der Waals surface area contributed by atoms with E-state index in [-0.39, 0.29) is 12.5 Å². The lowest BCUT2D eigenvalue weighted by Crippen LogP contribution is -2.26. The Hall–Kier alpha value is -1.84. The molecule has 108 valence electrons. The van der Waals surface area contributed by atoms with Gasteiger partial charge >= 0.3 is 0 Å². The van der Waals surface area contributed by atoms with Crippen molar-refractivity contribution in [1.29, 1.82) is 0 Å². The molecule has 0 aromatic heterocycles. The quantitative estimate of drug-likeness (QED) is 0.858. The Morgan fingerprint density at radius 2 is 1.95 bits per heavy atom. The highest BCUT2D eigenvalue weighted by atomic mass is 16.5. The van der Waals surface area contributed by atoms with Crippen LogP contribution < -0.4 is 10.2 Å². The number of nitrogens with zero attached hydrogens (tertiary/aromatic N) is 1. The SMILES string of the molecule is Cc1ccc(OCC(=O)NN=C2CCCCC2)cc1C. The normalized spacial score (nSPS) is 14.8. The van der Waals surface area contributed by atoms with Crippen molar-refractivity contribution in [1.82, 2.24) is 5.43 Å². The molecule has 0 atom stereocenters. The standard InChI is InChI=1S/C16H22N2O2/c1-12-8-9-15(10-13(12)2)20-11-16(19)18-17-14-6-4-3-5-7-14/h8-10H,3-7,11H2,1-2H3,(H,18,19).